The fourth-order valence-corrected chi connectivity index (χ4v) is 1.27. The minimum absolute atomic E-state index is 0.0995. The second-order valence-corrected chi connectivity index (χ2v) is 3.42. The van der Waals surface area contributed by atoms with E-state index >= 15 is 0 Å². The Hall–Kier alpha value is -1.06. The van der Waals surface area contributed by atoms with Gasteiger partial charge >= 0.3 is 5.97 Å². The minimum atomic E-state index is -0.834. The fraction of sp³-hybridized carbons (Fsp3) is 0.800. The molecule has 0 aliphatic carbocycles. The van der Waals surface area contributed by atoms with Crippen LogP contribution in [-0.4, -0.2) is 23.5 Å². The van der Waals surface area contributed by atoms with E-state index in [1.807, 2.05) is 13.8 Å². The SMILES string of the molecule is CCC(=O)NCC(CC)(CC)C(=O)O. The van der Waals surface area contributed by atoms with Crippen molar-refractivity contribution in [3.8, 4) is 0 Å². The number of hydrogen-bond donors (Lipinski definition) is 2. The first-order valence-corrected chi connectivity index (χ1v) is 5.02. The van der Waals surface area contributed by atoms with E-state index in [4.69, 9.17) is 5.11 Å². The Bertz CT molecular complexity index is 209. The summed E-state index contributed by atoms with van der Waals surface area (Å²) in [4.78, 5) is 22.0. The lowest BCUT2D eigenvalue weighted by Crippen LogP contribution is -2.42. The highest BCUT2D eigenvalue weighted by Gasteiger charge is 2.34. The zero-order valence-electron chi connectivity index (χ0n) is 9.09. The zero-order valence-corrected chi connectivity index (χ0v) is 9.09. The molecule has 0 fully saturated rings. The quantitative estimate of drug-likeness (QED) is 0.682. The molecule has 0 aromatic carbocycles. The summed E-state index contributed by atoms with van der Waals surface area (Å²) in [6, 6.07) is 0. The largest absolute Gasteiger partial charge is 0.481 e. The van der Waals surface area contributed by atoms with Crippen molar-refractivity contribution in [2.24, 2.45) is 5.41 Å². The van der Waals surface area contributed by atoms with E-state index in [0.29, 0.717) is 19.3 Å². The molecular weight excluding hydrogens is 182 g/mol. The summed E-state index contributed by atoms with van der Waals surface area (Å²) in [6.07, 6.45) is 1.45. The van der Waals surface area contributed by atoms with Crippen LogP contribution in [0.5, 0.6) is 0 Å². The fourth-order valence-electron chi connectivity index (χ4n) is 1.27. The number of carboxylic acid groups (broad SMARTS) is 1. The van der Waals surface area contributed by atoms with E-state index in [1.54, 1.807) is 6.92 Å². The third kappa shape index (κ3) is 3.01. The van der Waals surface area contributed by atoms with Gasteiger partial charge in [-0.05, 0) is 12.8 Å². The monoisotopic (exact) mass is 201 g/mol. The number of hydrogen-bond acceptors (Lipinski definition) is 2. The van der Waals surface area contributed by atoms with Crippen LogP contribution in [0.3, 0.4) is 0 Å². The standard InChI is InChI=1S/C10H19NO3/c1-4-8(12)11-7-10(5-2,6-3)9(13)14/h4-7H2,1-3H3,(H,11,12)(H,13,14). The van der Waals surface area contributed by atoms with Gasteiger partial charge in [0.25, 0.3) is 0 Å². The molecule has 0 atom stereocenters. The van der Waals surface area contributed by atoms with Crippen molar-refractivity contribution in [1.29, 1.82) is 0 Å². The summed E-state index contributed by atoms with van der Waals surface area (Å²) in [5, 5.41) is 11.7. The molecular formula is C10H19NO3. The average molecular weight is 201 g/mol. The van der Waals surface area contributed by atoms with Crippen molar-refractivity contribution in [2.45, 2.75) is 40.0 Å². The number of carbonyl (C=O) groups is 2. The maximum Gasteiger partial charge on any atom is 0.311 e. The zero-order chi connectivity index (χ0) is 11.2. The van der Waals surface area contributed by atoms with Crippen LogP contribution >= 0.6 is 0 Å². The Morgan fingerprint density at radius 1 is 1.21 bits per heavy atom. The first kappa shape index (κ1) is 12.9. The molecule has 0 aliphatic heterocycles. The van der Waals surface area contributed by atoms with E-state index in [9.17, 15) is 9.59 Å². The van der Waals surface area contributed by atoms with Crippen molar-refractivity contribution in [3.63, 3.8) is 0 Å². The van der Waals surface area contributed by atoms with Gasteiger partial charge in [-0.15, -0.1) is 0 Å². The van der Waals surface area contributed by atoms with Gasteiger partial charge in [0.15, 0.2) is 0 Å². The summed E-state index contributed by atoms with van der Waals surface area (Å²) < 4.78 is 0. The molecule has 82 valence electrons. The number of carboxylic acids is 1. The van der Waals surface area contributed by atoms with E-state index in [0.717, 1.165) is 0 Å². The number of aliphatic carboxylic acids is 1. The molecule has 0 heterocycles. The first-order chi connectivity index (χ1) is 6.52. The second-order valence-electron chi connectivity index (χ2n) is 3.42. The van der Waals surface area contributed by atoms with Crippen LogP contribution in [0.4, 0.5) is 0 Å². The van der Waals surface area contributed by atoms with Gasteiger partial charge in [-0.3, -0.25) is 9.59 Å². The smallest absolute Gasteiger partial charge is 0.311 e. The number of rotatable bonds is 6. The molecule has 0 unspecified atom stereocenters. The molecule has 0 aromatic heterocycles. The van der Waals surface area contributed by atoms with Gasteiger partial charge in [0.1, 0.15) is 0 Å². The summed E-state index contributed by atoms with van der Waals surface area (Å²) in [7, 11) is 0. The maximum atomic E-state index is 11.0. The second kappa shape index (κ2) is 5.62. The van der Waals surface area contributed by atoms with Crippen LogP contribution in [0.25, 0.3) is 0 Å². The van der Waals surface area contributed by atoms with Gasteiger partial charge in [0.05, 0.1) is 5.41 Å². The van der Waals surface area contributed by atoms with Gasteiger partial charge in [0, 0.05) is 13.0 Å². The highest BCUT2D eigenvalue weighted by atomic mass is 16.4. The lowest BCUT2D eigenvalue weighted by Gasteiger charge is -2.26. The number of nitrogens with one attached hydrogen (secondary N) is 1. The molecule has 2 N–H and O–H groups in total. The molecule has 0 saturated heterocycles. The normalized spacial score (nSPS) is 11.1. The lowest BCUT2D eigenvalue weighted by molar-refractivity contribution is -0.149. The van der Waals surface area contributed by atoms with Crippen LogP contribution in [0.1, 0.15) is 40.0 Å². The van der Waals surface area contributed by atoms with Crippen molar-refractivity contribution in [3.05, 3.63) is 0 Å². The molecule has 4 heteroatoms. The Kier molecular flexibility index (Phi) is 5.20. The summed E-state index contributed by atoms with van der Waals surface area (Å²) in [5.41, 5.74) is -0.801. The van der Waals surface area contributed by atoms with Crippen LogP contribution in [0.15, 0.2) is 0 Å². The molecule has 0 aromatic rings. The maximum absolute atomic E-state index is 11.0. The molecule has 0 bridgehead atoms. The Morgan fingerprint density at radius 2 is 1.71 bits per heavy atom. The Labute approximate surface area is 84.7 Å². The number of carbonyl (C=O) groups excluding carboxylic acids is 1. The predicted octanol–water partition coefficient (Wildman–Crippen LogP) is 1.40. The van der Waals surface area contributed by atoms with Gasteiger partial charge in [-0.2, -0.15) is 0 Å². The highest BCUT2D eigenvalue weighted by Crippen LogP contribution is 2.25. The van der Waals surface area contributed by atoms with Gasteiger partial charge < -0.3 is 10.4 Å². The molecule has 0 aliphatic rings. The lowest BCUT2D eigenvalue weighted by atomic mass is 9.82. The third-order valence-electron chi connectivity index (χ3n) is 2.75. The van der Waals surface area contributed by atoms with E-state index < -0.39 is 11.4 Å². The molecule has 14 heavy (non-hydrogen) atoms. The topological polar surface area (TPSA) is 66.4 Å². The Morgan fingerprint density at radius 3 is 2.00 bits per heavy atom. The van der Waals surface area contributed by atoms with Gasteiger partial charge in [-0.25, -0.2) is 0 Å². The molecule has 0 spiro atoms. The number of amides is 1. The molecule has 0 rings (SSSR count). The van der Waals surface area contributed by atoms with Crippen LogP contribution in [0, 0.1) is 5.41 Å². The summed E-state index contributed by atoms with van der Waals surface area (Å²) >= 11 is 0. The van der Waals surface area contributed by atoms with E-state index in [1.165, 1.54) is 0 Å². The predicted molar refractivity (Wildman–Crippen MR) is 54.0 cm³/mol. The van der Waals surface area contributed by atoms with Gasteiger partial charge in [0.2, 0.25) is 5.91 Å². The molecule has 0 radical (unpaired) electrons. The van der Waals surface area contributed by atoms with Crippen molar-refractivity contribution in [2.75, 3.05) is 6.54 Å². The van der Waals surface area contributed by atoms with Gasteiger partial charge in [-0.1, -0.05) is 20.8 Å². The summed E-state index contributed by atoms with van der Waals surface area (Å²) in [5.74, 6) is -0.934. The Balaban J connectivity index is 4.37. The molecule has 0 saturated carbocycles. The summed E-state index contributed by atoms with van der Waals surface area (Å²) in [6.45, 7) is 5.63. The minimum Gasteiger partial charge on any atom is -0.481 e. The van der Waals surface area contributed by atoms with Crippen molar-refractivity contribution in [1.82, 2.24) is 5.32 Å². The van der Waals surface area contributed by atoms with E-state index in [-0.39, 0.29) is 12.5 Å². The van der Waals surface area contributed by atoms with Crippen LogP contribution < -0.4 is 5.32 Å². The van der Waals surface area contributed by atoms with E-state index in [2.05, 4.69) is 5.32 Å². The highest BCUT2D eigenvalue weighted by molar-refractivity contribution is 5.78. The first-order valence-electron chi connectivity index (χ1n) is 5.02. The molecule has 4 nitrogen and oxygen atoms in total. The molecule has 1 amide bonds. The third-order valence-corrected chi connectivity index (χ3v) is 2.75. The van der Waals surface area contributed by atoms with Crippen LogP contribution in [-0.2, 0) is 9.59 Å². The van der Waals surface area contributed by atoms with Crippen molar-refractivity contribution < 1.29 is 14.7 Å². The van der Waals surface area contributed by atoms with Crippen LogP contribution in [0.2, 0.25) is 0 Å². The average Bonchev–Trinajstić information content (AvgIpc) is 2.19. The van der Waals surface area contributed by atoms with Crippen molar-refractivity contribution >= 4 is 11.9 Å².